The van der Waals surface area contributed by atoms with Crippen molar-refractivity contribution in [2.24, 2.45) is 0 Å². The summed E-state index contributed by atoms with van der Waals surface area (Å²) in [6.45, 7) is 3.08. The molecule has 0 spiro atoms. The van der Waals surface area contributed by atoms with Gasteiger partial charge >= 0.3 is 0 Å². The van der Waals surface area contributed by atoms with E-state index in [0.29, 0.717) is 19.5 Å². The Labute approximate surface area is 136 Å². The minimum absolute atomic E-state index is 0.0516. The Morgan fingerprint density at radius 2 is 2.00 bits per heavy atom. The number of benzene rings is 2. The topological polar surface area (TPSA) is 61.4 Å². The van der Waals surface area contributed by atoms with E-state index in [9.17, 15) is 9.90 Å². The molecule has 2 aromatic rings. The number of β-amino-alcohol motifs (C(OH)–C–C–N with tert-alkyl or cyclic N) is 1. The van der Waals surface area contributed by atoms with Gasteiger partial charge in [-0.25, -0.2) is 0 Å². The summed E-state index contributed by atoms with van der Waals surface area (Å²) in [7, 11) is 0. The van der Waals surface area contributed by atoms with Crippen LogP contribution in [-0.2, 0) is 11.3 Å². The fraction of sp³-hybridized carbons (Fsp3) is 0.316. The average Bonchev–Trinajstić information content (AvgIpc) is 3.00. The van der Waals surface area contributed by atoms with E-state index in [1.807, 2.05) is 12.1 Å². The van der Waals surface area contributed by atoms with E-state index in [2.05, 4.69) is 54.0 Å². The second-order valence-electron chi connectivity index (χ2n) is 6.13. The Balaban J connectivity index is 1.58. The maximum atomic E-state index is 12.0. The number of aryl methyl sites for hydroxylation is 1. The summed E-state index contributed by atoms with van der Waals surface area (Å²) >= 11 is 0. The van der Waals surface area contributed by atoms with Crippen LogP contribution in [-0.4, -0.2) is 29.7 Å². The molecule has 4 nitrogen and oxygen atoms in total. The van der Waals surface area contributed by atoms with Crippen molar-refractivity contribution < 1.29 is 9.90 Å². The van der Waals surface area contributed by atoms with Gasteiger partial charge in [-0.1, -0.05) is 54.1 Å². The second-order valence-corrected chi connectivity index (χ2v) is 6.13. The van der Waals surface area contributed by atoms with Crippen LogP contribution in [0.1, 0.15) is 17.5 Å². The normalized spacial score (nSPS) is 20.4. The zero-order valence-corrected chi connectivity index (χ0v) is 13.3. The molecular weight excluding hydrogens is 288 g/mol. The largest absolute Gasteiger partial charge is 0.392 e. The summed E-state index contributed by atoms with van der Waals surface area (Å²) in [5, 5.41) is 15.4. The molecule has 0 aromatic heterocycles. The molecule has 3 N–H and O–H groups in total. The Kier molecular flexibility index (Phi) is 4.74. The maximum Gasteiger partial charge on any atom is 0.237 e. The lowest BCUT2D eigenvalue weighted by molar-refractivity contribution is -0.123. The van der Waals surface area contributed by atoms with Crippen LogP contribution in [0, 0.1) is 6.92 Å². The van der Waals surface area contributed by atoms with E-state index in [0.717, 1.165) is 5.56 Å². The van der Waals surface area contributed by atoms with Crippen LogP contribution in [0.4, 0.5) is 0 Å². The van der Waals surface area contributed by atoms with Crippen LogP contribution in [0.15, 0.2) is 48.5 Å². The van der Waals surface area contributed by atoms with Crippen molar-refractivity contribution in [2.75, 3.05) is 6.54 Å². The summed E-state index contributed by atoms with van der Waals surface area (Å²) in [5.41, 5.74) is 4.67. The quantitative estimate of drug-likeness (QED) is 0.809. The average molecular weight is 310 g/mol. The van der Waals surface area contributed by atoms with Gasteiger partial charge in [0.2, 0.25) is 5.91 Å². The minimum atomic E-state index is -0.417. The Morgan fingerprint density at radius 3 is 2.65 bits per heavy atom. The van der Waals surface area contributed by atoms with Crippen molar-refractivity contribution in [3.63, 3.8) is 0 Å². The molecule has 0 radical (unpaired) electrons. The highest BCUT2D eigenvalue weighted by molar-refractivity contribution is 5.82. The fourth-order valence-electron chi connectivity index (χ4n) is 2.87. The van der Waals surface area contributed by atoms with Crippen molar-refractivity contribution in [3.05, 3.63) is 59.7 Å². The van der Waals surface area contributed by atoms with Crippen molar-refractivity contribution in [3.8, 4) is 11.1 Å². The zero-order chi connectivity index (χ0) is 16.2. The van der Waals surface area contributed by atoms with Gasteiger partial charge in [0.25, 0.3) is 0 Å². The number of aliphatic hydroxyl groups excluding tert-OH is 1. The molecule has 1 fully saturated rings. The van der Waals surface area contributed by atoms with Crippen molar-refractivity contribution in [1.29, 1.82) is 0 Å². The van der Waals surface area contributed by atoms with Gasteiger partial charge in [-0.15, -0.1) is 0 Å². The number of amides is 1. The maximum absolute atomic E-state index is 12.0. The lowest BCUT2D eigenvalue weighted by Gasteiger charge is -2.11. The van der Waals surface area contributed by atoms with E-state index in [1.165, 1.54) is 16.7 Å². The van der Waals surface area contributed by atoms with Gasteiger partial charge in [-0.05, 0) is 30.0 Å². The smallest absolute Gasteiger partial charge is 0.237 e. The molecule has 2 unspecified atom stereocenters. The van der Waals surface area contributed by atoms with Gasteiger partial charge in [0, 0.05) is 13.1 Å². The molecule has 0 saturated carbocycles. The predicted octanol–water partition coefficient (Wildman–Crippen LogP) is 2.00. The van der Waals surface area contributed by atoms with Crippen LogP contribution in [0.5, 0.6) is 0 Å². The molecule has 2 aromatic carbocycles. The van der Waals surface area contributed by atoms with E-state index < -0.39 is 6.10 Å². The molecule has 120 valence electrons. The van der Waals surface area contributed by atoms with Crippen LogP contribution in [0.25, 0.3) is 11.1 Å². The molecule has 1 amide bonds. The number of hydrogen-bond acceptors (Lipinski definition) is 3. The van der Waals surface area contributed by atoms with Crippen molar-refractivity contribution in [1.82, 2.24) is 10.6 Å². The predicted molar refractivity (Wildman–Crippen MR) is 90.9 cm³/mol. The van der Waals surface area contributed by atoms with E-state index >= 15 is 0 Å². The van der Waals surface area contributed by atoms with Gasteiger partial charge in [0.05, 0.1) is 12.1 Å². The highest BCUT2D eigenvalue weighted by Crippen LogP contribution is 2.20. The summed E-state index contributed by atoms with van der Waals surface area (Å²) < 4.78 is 0. The van der Waals surface area contributed by atoms with Gasteiger partial charge < -0.3 is 15.7 Å². The Morgan fingerprint density at radius 1 is 1.22 bits per heavy atom. The minimum Gasteiger partial charge on any atom is -0.392 e. The van der Waals surface area contributed by atoms with Crippen LogP contribution < -0.4 is 10.6 Å². The zero-order valence-electron chi connectivity index (χ0n) is 13.3. The number of rotatable bonds is 4. The third-order valence-corrected chi connectivity index (χ3v) is 4.20. The molecule has 4 heteroatoms. The monoisotopic (exact) mass is 310 g/mol. The Bertz CT molecular complexity index is 682. The standard InChI is InChI=1S/C19H22N2O2/c1-13-3-2-4-16(9-13)15-7-5-14(6-8-15)11-21-19(23)18-10-17(22)12-20-18/h2-9,17-18,20,22H,10-12H2,1H3,(H,21,23). The second kappa shape index (κ2) is 6.94. The highest BCUT2D eigenvalue weighted by atomic mass is 16.3. The molecule has 0 bridgehead atoms. The molecular formula is C19H22N2O2. The number of aliphatic hydroxyl groups is 1. The van der Waals surface area contributed by atoms with E-state index in [4.69, 9.17) is 0 Å². The number of nitrogens with one attached hydrogen (secondary N) is 2. The van der Waals surface area contributed by atoms with Crippen LogP contribution in [0.3, 0.4) is 0 Å². The lowest BCUT2D eigenvalue weighted by Crippen LogP contribution is -2.39. The molecule has 1 aliphatic rings. The van der Waals surface area contributed by atoms with Gasteiger partial charge in [-0.2, -0.15) is 0 Å². The number of hydrogen-bond donors (Lipinski definition) is 3. The van der Waals surface area contributed by atoms with Crippen molar-refractivity contribution in [2.45, 2.75) is 32.0 Å². The Hall–Kier alpha value is -2.17. The van der Waals surface area contributed by atoms with Crippen LogP contribution >= 0.6 is 0 Å². The number of carbonyl (C=O) groups is 1. The van der Waals surface area contributed by atoms with Gasteiger partial charge in [0.1, 0.15) is 0 Å². The van der Waals surface area contributed by atoms with Crippen LogP contribution in [0.2, 0.25) is 0 Å². The SMILES string of the molecule is Cc1cccc(-c2ccc(CNC(=O)C3CC(O)CN3)cc2)c1. The molecule has 1 saturated heterocycles. The molecule has 23 heavy (non-hydrogen) atoms. The first-order chi connectivity index (χ1) is 11.1. The third-order valence-electron chi connectivity index (χ3n) is 4.20. The van der Waals surface area contributed by atoms with Gasteiger partial charge in [-0.3, -0.25) is 4.79 Å². The molecule has 1 aliphatic heterocycles. The number of carbonyl (C=O) groups excluding carboxylic acids is 1. The summed E-state index contributed by atoms with van der Waals surface area (Å²) in [6.07, 6.45) is 0.0670. The van der Waals surface area contributed by atoms with E-state index in [-0.39, 0.29) is 11.9 Å². The third kappa shape index (κ3) is 3.97. The first-order valence-electron chi connectivity index (χ1n) is 7.97. The first kappa shape index (κ1) is 15.7. The first-order valence-corrected chi connectivity index (χ1v) is 7.97. The summed E-state index contributed by atoms with van der Waals surface area (Å²) in [5.74, 6) is -0.0516. The molecule has 3 rings (SSSR count). The molecule has 2 atom stereocenters. The fourth-order valence-corrected chi connectivity index (χ4v) is 2.87. The van der Waals surface area contributed by atoms with Crippen molar-refractivity contribution >= 4 is 5.91 Å². The molecule has 1 heterocycles. The molecule has 0 aliphatic carbocycles. The van der Waals surface area contributed by atoms with E-state index in [1.54, 1.807) is 0 Å². The van der Waals surface area contributed by atoms with Gasteiger partial charge in [0.15, 0.2) is 0 Å². The highest BCUT2D eigenvalue weighted by Gasteiger charge is 2.27. The lowest BCUT2D eigenvalue weighted by atomic mass is 10.0. The summed E-state index contributed by atoms with van der Waals surface area (Å²) in [6, 6.07) is 16.3. The summed E-state index contributed by atoms with van der Waals surface area (Å²) in [4.78, 5) is 12.0.